The van der Waals surface area contributed by atoms with Crippen molar-refractivity contribution in [3.05, 3.63) is 34.4 Å². The molecular formula is C19H26N4O2S. The smallest absolute Gasteiger partial charge is 0.216 e. The lowest BCUT2D eigenvalue weighted by atomic mass is 9.86. The van der Waals surface area contributed by atoms with Crippen LogP contribution in [0.3, 0.4) is 0 Å². The lowest BCUT2D eigenvalue weighted by Gasteiger charge is -2.20. The van der Waals surface area contributed by atoms with Gasteiger partial charge in [0.05, 0.1) is 20.4 Å². The van der Waals surface area contributed by atoms with E-state index in [-0.39, 0.29) is 0 Å². The predicted octanol–water partition coefficient (Wildman–Crippen LogP) is 4.35. The number of ether oxygens (including phenoxy) is 2. The van der Waals surface area contributed by atoms with Crippen LogP contribution in [0.2, 0.25) is 0 Å². The van der Waals surface area contributed by atoms with Crippen molar-refractivity contribution in [2.24, 2.45) is 11.0 Å². The average molecular weight is 375 g/mol. The van der Waals surface area contributed by atoms with Crippen LogP contribution in [-0.4, -0.2) is 35.3 Å². The Labute approximate surface area is 159 Å². The van der Waals surface area contributed by atoms with Gasteiger partial charge in [0.1, 0.15) is 11.5 Å². The molecule has 0 amide bonds. The molecule has 6 nitrogen and oxygen atoms in total. The van der Waals surface area contributed by atoms with E-state index in [1.807, 2.05) is 18.2 Å². The number of methoxy groups -OCH3 is 2. The molecule has 0 bridgehead atoms. The van der Waals surface area contributed by atoms with Gasteiger partial charge in [-0.2, -0.15) is 14.9 Å². The number of benzene rings is 1. The number of nitrogens with zero attached hydrogens (tertiary/aromatic N) is 3. The highest BCUT2D eigenvalue weighted by Gasteiger charge is 2.15. The first kappa shape index (κ1) is 18.6. The summed E-state index contributed by atoms with van der Waals surface area (Å²) in [6.45, 7) is 0. The van der Waals surface area contributed by atoms with Gasteiger partial charge >= 0.3 is 0 Å². The molecule has 26 heavy (non-hydrogen) atoms. The van der Waals surface area contributed by atoms with Crippen molar-refractivity contribution in [2.45, 2.75) is 44.9 Å². The fourth-order valence-corrected chi connectivity index (χ4v) is 3.66. The maximum atomic E-state index is 5.42. The molecule has 0 unspecified atom stereocenters. The highest BCUT2D eigenvalue weighted by molar-refractivity contribution is 7.71. The van der Waals surface area contributed by atoms with E-state index in [9.17, 15) is 0 Å². The molecular weight excluding hydrogens is 348 g/mol. The van der Waals surface area contributed by atoms with Crippen LogP contribution in [0.15, 0.2) is 23.3 Å². The van der Waals surface area contributed by atoms with Crippen LogP contribution in [0.5, 0.6) is 11.5 Å². The second-order valence-corrected chi connectivity index (χ2v) is 7.04. The third-order valence-electron chi connectivity index (χ3n) is 4.97. The summed E-state index contributed by atoms with van der Waals surface area (Å²) < 4.78 is 12.9. The van der Waals surface area contributed by atoms with E-state index in [1.54, 1.807) is 25.1 Å². The minimum atomic E-state index is 0.507. The van der Waals surface area contributed by atoms with Crippen molar-refractivity contribution < 1.29 is 9.47 Å². The average Bonchev–Trinajstić information content (AvgIpc) is 3.05. The van der Waals surface area contributed by atoms with Gasteiger partial charge in [0.15, 0.2) is 5.82 Å². The maximum Gasteiger partial charge on any atom is 0.216 e. The summed E-state index contributed by atoms with van der Waals surface area (Å²) in [6.07, 6.45) is 10.5. The Morgan fingerprint density at radius 2 is 2.08 bits per heavy atom. The van der Waals surface area contributed by atoms with Crippen LogP contribution in [-0.2, 0) is 6.42 Å². The molecule has 1 fully saturated rings. The van der Waals surface area contributed by atoms with Crippen LogP contribution in [0.4, 0.5) is 0 Å². The normalized spacial score (nSPS) is 15.5. The molecule has 1 aliphatic carbocycles. The Bertz CT molecular complexity index is 806. The third-order valence-corrected chi connectivity index (χ3v) is 5.24. The van der Waals surface area contributed by atoms with E-state index in [0.717, 1.165) is 35.9 Å². The Morgan fingerprint density at radius 3 is 2.81 bits per heavy atom. The molecule has 1 aromatic heterocycles. The largest absolute Gasteiger partial charge is 0.497 e. The zero-order valence-electron chi connectivity index (χ0n) is 15.4. The van der Waals surface area contributed by atoms with Crippen LogP contribution in [0, 0.1) is 10.7 Å². The summed E-state index contributed by atoms with van der Waals surface area (Å²) in [4.78, 5) is 0. The van der Waals surface area contributed by atoms with E-state index >= 15 is 0 Å². The lowest BCUT2D eigenvalue weighted by Crippen LogP contribution is -2.09. The van der Waals surface area contributed by atoms with Gasteiger partial charge in [-0.15, -0.1) is 0 Å². The summed E-state index contributed by atoms with van der Waals surface area (Å²) in [5.41, 5.74) is 0.856. The fourth-order valence-electron chi connectivity index (χ4n) is 3.46. The Hall–Kier alpha value is -2.15. The van der Waals surface area contributed by atoms with E-state index in [4.69, 9.17) is 21.7 Å². The first-order valence-electron chi connectivity index (χ1n) is 9.14. The van der Waals surface area contributed by atoms with Gasteiger partial charge in [0, 0.05) is 18.1 Å². The standard InChI is InChI=1S/C19H26N4O2S/c1-24-16-10-9-15(17(12-16)25-2)13-20-23-18(21-22-19(23)26)11-8-14-6-4-3-5-7-14/h9-10,12-14H,3-8,11H2,1-2H3,(H,22,26)/b20-13-. The SMILES string of the molecule is COc1ccc(/C=N\n2c(CCC3CCCCC3)n[nH]c2=S)c(OC)c1. The van der Waals surface area contributed by atoms with Crippen molar-refractivity contribution in [2.75, 3.05) is 14.2 Å². The first-order chi connectivity index (χ1) is 12.7. The van der Waals surface area contributed by atoms with Crippen molar-refractivity contribution >= 4 is 18.4 Å². The number of hydrogen-bond acceptors (Lipinski definition) is 5. The Balaban J connectivity index is 1.74. The molecule has 7 heteroatoms. The zero-order valence-corrected chi connectivity index (χ0v) is 16.2. The molecule has 1 saturated carbocycles. The number of H-pyrrole nitrogens is 1. The molecule has 0 atom stereocenters. The van der Waals surface area contributed by atoms with Gasteiger partial charge in [-0.3, -0.25) is 5.10 Å². The molecule has 1 aromatic carbocycles. The number of aromatic nitrogens is 3. The highest BCUT2D eigenvalue weighted by atomic mass is 32.1. The summed E-state index contributed by atoms with van der Waals surface area (Å²) in [5, 5.41) is 11.8. The summed E-state index contributed by atoms with van der Waals surface area (Å²) in [6, 6.07) is 5.62. The number of aryl methyl sites for hydroxylation is 1. The van der Waals surface area contributed by atoms with Crippen LogP contribution >= 0.6 is 12.2 Å². The number of hydrogen-bond donors (Lipinski definition) is 1. The molecule has 1 heterocycles. The summed E-state index contributed by atoms with van der Waals surface area (Å²) >= 11 is 5.34. The molecule has 3 rings (SSSR count). The van der Waals surface area contributed by atoms with Crippen LogP contribution < -0.4 is 9.47 Å². The fraction of sp³-hybridized carbons (Fsp3) is 0.526. The third kappa shape index (κ3) is 4.52. The molecule has 1 N–H and O–H groups in total. The van der Waals surface area contributed by atoms with Crippen LogP contribution in [0.25, 0.3) is 0 Å². The molecule has 2 aromatic rings. The van der Waals surface area contributed by atoms with Gasteiger partial charge in [-0.1, -0.05) is 32.1 Å². The minimum Gasteiger partial charge on any atom is -0.497 e. The molecule has 0 radical (unpaired) electrons. The maximum absolute atomic E-state index is 5.42. The van der Waals surface area contributed by atoms with E-state index < -0.39 is 0 Å². The quantitative estimate of drug-likeness (QED) is 0.578. The van der Waals surface area contributed by atoms with Gasteiger partial charge in [-0.25, -0.2) is 0 Å². The lowest BCUT2D eigenvalue weighted by molar-refractivity contribution is 0.336. The molecule has 0 aliphatic heterocycles. The van der Waals surface area contributed by atoms with E-state index in [2.05, 4.69) is 15.3 Å². The molecule has 1 aliphatic rings. The van der Waals surface area contributed by atoms with Crippen molar-refractivity contribution in [3.8, 4) is 11.5 Å². The molecule has 0 saturated heterocycles. The summed E-state index contributed by atoms with van der Waals surface area (Å²) in [5.74, 6) is 3.12. The number of aromatic amines is 1. The second kappa shape index (κ2) is 8.98. The Morgan fingerprint density at radius 1 is 1.27 bits per heavy atom. The van der Waals surface area contributed by atoms with E-state index in [1.165, 1.54) is 32.1 Å². The second-order valence-electron chi connectivity index (χ2n) is 6.65. The van der Waals surface area contributed by atoms with Gasteiger partial charge < -0.3 is 9.47 Å². The van der Waals surface area contributed by atoms with Crippen LogP contribution in [0.1, 0.15) is 49.9 Å². The first-order valence-corrected chi connectivity index (χ1v) is 9.54. The molecule has 140 valence electrons. The molecule has 0 spiro atoms. The predicted molar refractivity (Wildman–Crippen MR) is 105 cm³/mol. The minimum absolute atomic E-state index is 0.507. The topological polar surface area (TPSA) is 64.4 Å². The van der Waals surface area contributed by atoms with Crippen molar-refractivity contribution in [3.63, 3.8) is 0 Å². The van der Waals surface area contributed by atoms with E-state index in [0.29, 0.717) is 10.5 Å². The number of nitrogens with one attached hydrogen (secondary N) is 1. The van der Waals surface area contributed by atoms with Crippen molar-refractivity contribution in [1.82, 2.24) is 14.9 Å². The zero-order chi connectivity index (χ0) is 18.4. The van der Waals surface area contributed by atoms with Gasteiger partial charge in [0.2, 0.25) is 4.77 Å². The Kier molecular flexibility index (Phi) is 6.44. The number of rotatable bonds is 7. The highest BCUT2D eigenvalue weighted by Crippen LogP contribution is 2.27. The van der Waals surface area contributed by atoms with Gasteiger partial charge in [0.25, 0.3) is 0 Å². The van der Waals surface area contributed by atoms with Crippen molar-refractivity contribution in [1.29, 1.82) is 0 Å². The summed E-state index contributed by atoms with van der Waals surface area (Å²) in [7, 11) is 3.26. The monoisotopic (exact) mass is 374 g/mol. The van der Waals surface area contributed by atoms with Gasteiger partial charge in [-0.05, 0) is 36.7 Å².